The molecular weight excluding hydrogens is 426 g/mol. The molecule has 29 heavy (non-hydrogen) atoms. The highest BCUT2D eigenvalue weighted by Crippen LogP contribution is 2.34. The molecule has 2 aromatic carbocycles. The monoisotopic (exact) mass is 447 g/mol. The lowest BCUT2D eigenvalue weighted by Crippen LogP contribution is -2.52. The zero-order valence-electron chi connectivity index (χ0n) is 15.5. The van der Waals surface area contributed by atoms with E-state index in [9.17, 15) is 13.2 Å². The van der Waals surface area contributed by atoms with Crippen molar-refractivity contribution in [1.29, 1.82) is 5.26 Å². The minimum Gasteiger partial charge on any atom is -0.375 e. The number of nitrogens with zero attached hydrogens (tertiary/aromatic N) is 2. The summed E-state index contributed by atoms with van der Waals surface area (Å²) in [6.07, 6.45) is -4.55. The lowest BCUT2D eigenvalue weighted by Gasteiger charge is -2.35. The van der Waals surface area contributed by atoms with Gasteiger partial charge in [-0.15, -0.1) is 24.8 Å². The molecule has 0 aromatic heterocycles. The number of halogens is 5. The van der Waals surface area contributed by atoms with Gasteiger partial charge in [0, 0.05) is 31.4 Å². The SMILES string of the molecule is Cl.Cl.N#Cc1ccc(N2CCNC(COCc3ccccc3)C2)cc1C(F)(F)F. The second-order valence-corrected chi connectivity index (χ2v) is 6.44. The molecule has 0 aliphatic carbocycles. The molecule has 4 nitrogen and oxygen atoms in total. The second kappa shape index (κ2) is 11.3. The van der Waals surface area contributed by atoms with Gasteiger partial charge in [-0.25, -0.2) is 0 Å². The van der Waals surface area contributed by atoms with E-state index >= 15 is 0 Å². The lowest BCUT2D eigenvalue weighted by molar-refractivity contribution is -0.137. The average Bonchev–Trinajstić information content (AvgIpc) is 2.68. The Kier molecular flexibility index (Phi) is 9.74. The molecule has 1 unspecified atom stereocenters. The van der Waals surface area contributed by atoms with Crippen molar-refractivity contribution in [3.05, 3.63) is 65.2 Å². The quantitative estimate of drug-likeness (QED) is 0.736. The minimum atomic E-state index is -4.55. The van der Waals surface area contributed by atoms with Gasteiger partial charge in [-0.05, 0) is 23.8 Å². The summed E-state index contributed by atoms with van der Waals surface area (Å²) in [4.78, 5) is 1.89. The molecule has 2 aromatic rings. The Balaban J connectivity index is 0.00000210. The average molecular weight is 448 g/mol. The van der Waals surface area contributed by atoms with Crippen LogP contribution in [0.25, 0.3) is 0 Å². The van der Waals surface area contributed by atoms with Gasteiger partial charge < -0.3 is 15.0 Å². The van der Waals surface area contributed by atoms with Crippen molar-refractivity contribution >= 4 is 30.5 Å². The van der Waals surface area contributed by atoms with Gasteiger partial charge in [0.05, 0.1) is 30.4 Å². The van der Waals surface area contributed by atoms with Gasteiger partial charge in [0.2, 0.25) is 0 Å². The molecule has 0 saturated carbocycles. The van der Waals surface area contributed by atoms with Crippen LogP contribution in [-0.4, -0.2) is 32.3 Å². The highest BCUT2D eigenvalue weighted by atomic mass is 35.5. The Labute approximate surface area is 180 Å². The third-order valence-corrected chi connectivity index (χ3v) is 4.48. The summed E-state index contributed by atoms with van der Waals surface area (Å²) in [6.45, 7) is 2.75. The Morgan fingerprint density at radius 2 is 1.86 bits per heavy atom. The van der Waals surface area contributed by atoms with Crippen molar-refractivity contribution in [1.82, 2.24) is 5.32 Å². The largest absolute Gasteiger partial charge is 0.417 e. The van der Waals surface area contributed by atoms with Gasteiger partial charge in [0.15, 0.2) is 0 Å². The predicted molar refractivity (Wildman–Crippen MR) is 111 cm³/mol. The molecule has 0 radical (unpaired) electrons. The number of hydrogen-bond donors (Lipinski definition) is 1. The Morgan fingerprint density at radius 1 is 1.14 bits per heavy atom. The number of rotatable bonds is 5. The Bertz CT molecular complexity index is 813. The van der Waals surface area contributed by atoms with Crippen molar-refractivity contribution in [3.8, 4) is 6.07 Å². The van der Waals surface area contributed by atoms with Gasteiger partial charge in [-0.2, -0.15) is 18.4 Å². The molecule has 158 valence electrons. The normalized spacial score (nSPS) is 16.3. The van der Waals surface area contributed by atoms with Crippen molar-refractivity contribution in [2.24, 2.45) is 0 Å². The summed E-state index contributed by atoms with van der Waals surface area (Å²) in [7, 11) is 0. The number of nitrogens with one attached hydrogen (secondary N) is 1. The highest BCUT2D eigenvalue weighted by molar-refractivity contribution is 5.85. The summed E-state index contributed by atoms with van der Waals surface area (Å²) in [5.41, 5.74) is 0.296. The van der Waals surface area contributed by atoms with E-state index in [2.05, 4.69) is 5.32 Å². The maximum absolute atomic E-state index is 13.2. The molecule has 1 aliphatic rings. The molecule has 1 fully saturated rings. The van der Waals surface area contributed by atoms with Crippen LogP contribution in [0.5, 0.6) is 0 Å². The summed E-state index contributed by atoms with van der Waals surface area (Å²) in [6, 6.07) is 15.3. The van der Waals surface area contributed by atoms with E-state index in [0.717, 1.165) is 11.6 Å². The lowest BCUT2D eigenvalue weighted by atomic mass is 10.1. The summed E-state index contributed by atoms with van der Waals surface area (Å²) < 4.78 is 45.3. The fraction of sp³-hybridized carbons (Fsp3) is 0.350. The van der Waals surface area contributed by atoms with E-state index in [4.69, 9.17) is 10.00 Å². The smallest absolute Gasteiger partial charge is 0.375 e. The van der Waals surface area contributed by atoms with E-state index in [-0.39, 0.29) is 36.4 Å². The number of alkyl halides is 3. The van der Waals surface area contributed by atoms with Crippen molar-refractivity contribution < 1.29 is 17.9 Å². The predicted octanol–water partition coefficient (Wildman–Crippen LogP) is 4.42. The topological polar surface area (TPSA) is 48.3 Å². The van der Waals surface area contributed by atoms with Gasteiger partial charge in [-0.1, -0.05) is 30.3 Å². The van der Waals surface area contributed by atoms with Gasteiger partial charge in [-0.3, -0.25) is 0 Å². The fourth-order valence-electron chi connectivity index (χ4n) is 3.13. The number of nitriles is 1. The van der Waals surface area contributed by atoms with Gasteiger partial charge >= 0.3 is 6.18 Å². The van der Waals surface area contributed by atoms with Crippen molar-refractivity contribution in [2.45, 2.75) is 18.8 Å². The van der Waals surface area contributed by atoms with Crippen LogP contribution in [0.4, 0.5) is 18.9 Å². The number of benzene rings is 2. The second-order valence-electron chi connectivity index (χ2n) is 6.44. The van der Waals surface area contributed by atoms with Gasteiger partial charge in [0.1, 0.15) is 0 Å². The first kappa shape index (κ1) is 25.1. The van der Waals surface area contributed by atoms with E-state index in [1.54, 1.807) is 12.1 Å². The molecule has 1 N–H and O–H groups in total. The van der Waals surface area contributed by atoms with Crippen LogP contribution >= 0.6 is 24.8 Å². The standard InChI is InChI=1S/C20H20F3N3O.2ClH/c21-20(22,23)19-10-18(7-6-16(19)11-24)26-9-8-25-17(12-26)14-27-13-15-4-2-1-3-5-15;;/h1-7,10,17,25H,8-9,12-14H2;2*1H. The minimum absolute atomic E-state index is 0. The van der Waals surface area contributed by atoms with Crippen LogP contribution in [0.15, 0.2) is 48.5 Å². The zero-order chi connectivity index (χ0) is 19.3. The number of hydrogen-bond acceptors (Lipinski definition) is 4. The van der Waals surface area contributed by atoms with E-state index in [1.807, 2.05) is 35.2 Å². The third kappa shape index (κ3) is 6.79. The van der Waals surface area contributed by atoms with Crippen LogP contribution in [-0.2, 0) is 17.5 Å². The summed E-state index contributed by atoms with van der Waals surface area (Å²) in [5.74, 6) is 0. The molecule has 1 atom stereocenters. The van der Waals surface area contributed by atoms with Crippen LogP contribution in [0.3, 0.4) is 0 Å². The Morgan fingerprint density at radius 3 is 2.52 bits per heavy atom. The molecule has 3 rings (SSSR count). The highest BCUT2D eigenvalue weighted by Gasteiger charge is 2.34. The fourth-order valence-corrected chi connectivity index (χ4v) is 3.13. The Hall–Kier alpha value is -1.98. The summed E-state index contributed by atoms with van der Waals surface area (Å²) >= 11 is 0. The maximum Gasteiger partial charge on any atom is 0.417 e. The maximum atomic E-state index is 13.2. The van der Waals surface area contributed by atoms with Crippen LogP contribution in [0.2, 0.25) is 0 Å². The van der Waals surface area contributed by atoms with Crippen LogP contribution in [0.1, 0.15) is 16.7 Å². The number of piperazine rings is 1. The molecule has 1 aliphatic heterocycles. The van der Waals surface area contributed by atoms with Crippen LogP contribution in [0, 0.1) is 11.3 Å². The molecule has 0 amide bonds. The first-order chi connectivity index (χ1) is 13.0. The van der Waals surface area contributed by atoms with E-state index < -0.39 is 11.7 Å². The molecule has 0 bridgehead atoms. The molecule has 0 spiro atoms. The molecule has 1 heterocycles. The number of ether oxygens (including phenoxy) is 1. The first-order valence-electron chi connectivity index (χ1n) is 8.68. The number of anilines is 1. The van der Waals surface area contributed by atoms with Crippen molar-refractivity contribution in [3.63, 3.8) is 0 Å². The molecule has 1 saturated heterocycles. The zero-order valence-corrected chi connectivity index (χ0v) is 17.1. The first-order valence-corrected chi connectivity index (χ1v) is 8.68. The third-order valence-electron chi connectivity index (χ3n) is 4.48. The summed E-state index contributed by atoms with van der Waals surface area (Å²) in [5, 5.41) is 12.3. The van der Waals surface area contributed by atoms with Gasteiger partial charge in [0.25, 0.3) is 0 Å². The van der Waals surface area contributed by atoms with E-state index in [0.29, 0.717) is 38.5 Å². The van der Waals surface area contributed by atoms with Crippen molar-refractivity contribution in [2.75, 3.05) is 31.1 Å². The van der Waals surface area contributed by atoms with Crippen LogP contribution < -0.4 is 10.2 Å². The molecule has 9 heteroatoms. The molecular formula is C20H22Cl2F3N3O. The van der Waals surface area contributed by atoms with E-state index in [1.165, 1.54) is 6.07 Å².